The van der Waals surface area contributed by atoms with Gasteiger partial charge in [0.15, 0.2) is 0 Å². The first-order chi connectivity index (χ1) is 16.4. The van der Waals surface area contributed by atoms with Crippen molar-refractivity contribution < 1.29 is 19.1 Å². The van der Waals surface area contributed by atoms with Crippen LogP contribution in [-0.4, -0.2) is 59.7 Å². The first-order valence-corrected chi connectivity index (χ1v) is 12.0. The molecule has 5 rings (SSSR count). The summed E-state index contributed by atoms with van der Waals surface area (Å²) in [7, 11) is 0. The van der Waals surface area contributed by atoms with Gasteiger partial charge in [-0.2, -0.15) is 0 Å². The molecule has 0 atom stereocenters. The molecule has 0 radical (unpaired) electrons. The third-order valence-electron chi connectivity index (χ3n) is 7.08. The van der Waals surface area contributed by atoms with E-state index in [1.807, 2.05) is 19.9 Å². The summed E-state index contributed by atoms with van der Waals surface area (Å²) in [5, 5.41) is 2.36. The minimum atomic E-state index is -0.635. The minimum Gasteiger partial charge on any atom is -0.378 e. The number of hydrogen-bond donors (Lipinski definition) is 1. The zero-order valence-electron chi connectivity index (χ0n) is 19.7. The number of aromatic nitrogens is 1. The van der Waals surface area contributed by atoms with Gasteiger partial charge in [-0.25, -0.2) is 4.79 Å². The Morgan fingerprint density at radius 3 is 2.29 bits per heavy atom. The maximum Gasteiger partial charge on any atom is 0.331 e. The molecule has 1 aromatic heterocycles. The number of anilines is 1. The lowest BCUT2D eigenvalue weighted by Crippen LogP contribution is -2.57. The number of morpholine rings is 1. The van der Waals surface area contributed by atoms with E-state index < -0.39 is 17.8 Å². The Bertz CT molecular complexity index is 1150. The van der Waals surface area contributed by atoms with E-state index in [0.717, 1.165) is 80.3 Å². The molecule has 1 aromatic carbocycles. The first-order valence-electron chi connectivity index (χ1n) is 12.0. The highest BCUT2D eigenvalue weighted by molar-refractivity contribution is 6.31. The van der Waals surface area contributed by atoms with Gasteiger partial charge < -0.3 is 14.2 Å². The van der Waals surface area contributed by atoms with E-state index >= 15 is 0 Å². The van der Waals surface area contributed by atoms with Gasteiger partial charge in [-0.3, -0.25) is 19.8 Å². The van der Waals surface area contributed by atoms with Crippen LogP contribution in [0.5, 0.6) is 0 Å². The molecule has 0 spiro atoms. The predicted molar refractivity (Wildman–Crippen MR) is 129 cm³/mol. The lowest BCUT2D eigenvalue weighted by Gasteiger charge is -2.31. The summed E-state index contributed by atoms with van der Waals surface area (Å²) in [6.07, 6.45) is 5.17. The van der Waals surface area contributed by atoms with Crippen molar-refractivity contribution in [2.45, 2.75) is 45.6 Å². The van der Waals surface area contributed by atoms with Crippen LogP contribution in [0.15, 0.2) is 35.9 Å². The second-order valence-corrected chi connectivity index (χ2v) is 9.21. The number of amides is 4. The Kier molecular flexibility index (Phi) is 6.00. The molecule has 0 bridgehead atoms. The molecule has 3 heterocycles. The van der Waals surface area contributed by atoms with Gasteiger partial charge in [0.05, 0.1) is 13.2 Å². The van der Waals surface area contributed by atoms with E-state index in [4.69, 9.17) is 4.74 Å². The van der Waals surface area contributed by atoms with E-state index in [-0.39, 0.29) is 11.6 Å². The molecular weight excluding hydrogens is 432 g/mol. The van der Waals surface area contributed by atoms with Gasteiger partial charge in [-0.05, 0) is 68.7 Å². The predicted octanol–water partition coefficient (Wildman–Crippen LogP) is 3.34. The zero-order valence-corrected chi connectivity index (χ0v) is 19.7. The number of nitrogens with zero attached hydrogens (tertiary/aromatic N) is 3. The highest BCUT2D eigenvalue weighted by atomic mass is 16.5. The Labute approximate surface area is 199 Å². The smallest absolute Gasteiger partial charge is 0.331 e. The van der Waals surface area contributed by atoms with Gasteiger partial charge in [0, 0.05) is 41.9 Å². The van der Waals surface area contributed by atoms with Crippen molar-refractivity contribution in [2.75, 3.05) is 31.2 Å². The standard InChI is InChI=1S/C26H30N4O4/c1-17-15-19(16-23-24(31)27-26(33)30(25(23)32)21-5-3-4-6-21)18(2)29(17)22-9-7-20(8-10-22)28-11-13-34-14-12-28/h7-10,15-16,21H,3-6,11-14H2,1-2H3,(H,27,31,33)/b23-16-. The number of carbonyl (C=O) groups excluding carboxylic acids is 3. The van der Waals surface area contributed by atoms with Crippen LogP contribution in [0.1, 0.15) is 42.6 Å². The SMILES string of the molecule is Cc1cc(/C=C2/C(=O)NC(=O)N(C3CCCC3)C2=O)c(C)n1-c1ccc(N2CCOCC2)cc1. The molecule has 1 aliphatic carbocycles. The number of aryl methyl sites for hydroxylation is 1. The summed E-state index contributed by atoms with van der Waals surface area (Å²) in [6.45, 7) is 7.23. The number of urea groups is 1. The number of benzene rings is 1. The second kappa shape index (κ2) is 9.10. The fraction of sp³-hybridized carbons (Fsp3) is 0.423. The summed E-state index contributed by atoms with van der Waals surface area (Å²) < 4.78 is 7.55. The number of nitrogens with one attached hydrogen (secondary N) is 1. The third kappa shape index (κ3) is 4.03. The Hall–Kier alpha value is -3.39. The third-order valence-corrected chi connectivity index (χ3v) is 7.08. The summed E-state index contributed by atoms with van der Waals surface area (Å²) in [5.74, 6) is -1.13. The molecule has 2 aromatic rings. The molecule has 1 N–H and O–H groups in total. The largest absolute Gasteiger partial charge is 0.378 e. The summed E-state index contributed by atoms with van der Waals surface area (Å²) >= 11 is 0. The molecule has 1 saturated carbocycles. The molecule has 2 saturated heterocycles. The van der Waals surface area contributed by atoms with Crippen molar-refractivity contribution in [3.63, 3.8) is 0 Å². The van der Waals surface area contributed by atoms with Gasteiger partial charge in [-0.15, -0.1) is 0 Å². The first kappa shape index (κ1) is 22.4. The van der Waals surface area contributed by atoms with E-state index in [1.165, 1.54) is 4.90 Å². The van der Waals surface area contributed by atoms with E-state index in [2.05, 4.69) is 39.0 Å². The van der Waals surface area contributed by atoms with Gasteiger partial charge in [0.25, 0.3) is 11.8 Å². The number of carbonyl (C=O) groups is 3. The zero-order chi connectivity index (χ0) is 23.8. The highest BCUT2D eigenvalue weighted by Crippen LogP contribution is 2.29. The molecule has 34 heavy (non-hydrogen) atoms. The van der Waals surface area contributed by atoms with Crippen LogP contribution in [0.2, 0.25) is 0 Å². The Morgan fingerprint density at radius 1 is 0.971 bits per heavy atom. The van der Waals surface area contributed by atoms with Gasteiger partial charge in [-0.1, -0.05) is 12.8 Å². The van der Waals surface area contributed by atoms with Crippen molar-refractivity contribution in [1.82, 2.24) is 14.8 Å². The number of imide groups is 2. The lowest BCUT2D eigenvalue weighted by molar-refractivity contribution is -0.131. The maximum atomic E-state index is 13.2. The van der Waals surface area contributed by atoms with E-state index in [0.29, 0.717) is 0 Å². The van der Waals surface area contributed by atoms with Crippen LogP contribution in [0.3, 0.4) is 0 Å². The van der Waals surface area contributed by atoms with Gasteiger partial charge in [0.2, 0.25) is 0 Å². The number of barbiturate groups is 1. The summed E-state index contributed by atoms with van der Waals surface area (Å²) in [5.41, 5.74) is 4.89. The molecule has 3 aliphatic rings. The molecule has 3 fully saturated rings. The molecule has 8 nitrogen and oxygen atoms in total. The van der Waals surface area contributed by atoms with Crippen LogP contribution in [-0.2, 0) is 14.3 Å². The monoisotopic (exact) mass is 462 g/mol. The fourth-order valence-corrected chi connectivity index (χ4v) is 5.29. The molecule has 0 unspecified atom stereocenters. The van der Waals surface area contributed by atoms with Crippen molar-refractivity contribution in [2.24, 2.45) is 0 Å². The summed E-state index contributed by atoms with van der Waals surface area (Å²) in [4.78, 5) is 41.7. The van der Waals surface area contributed by atoms with Crippen LogP contribution < -0.4 is 10.2 Å². The normalized spacial score (nSPS) is 21.0. The lowest BCUT2D eigenvalue weighted by atomic mass is 10.1. The molecule has 8 heteroatoms. The van der Waals surface area contributed by atoms with E-state index in [1.54, 1.807) is 6.08 Å². The molecule has 4 amide bonds. The second-order valence-electron chi connectivity index (χ2n) is 9.21. The van der Waals surface area contributed by atoms with Crippen LogP contribution in [0.4, 0.5) is 10.5 Å². The highest BCUT2D eigenvalue weighted by Gasteiger charge is 2.40. The average molecular weight is 463 g/mol. The van der Waals surface area contributed by atoms with Crippen molar-refractivity contribution >= 4 is 29.6 Å². The van der Waals surface area contributed by atoms with Crippen molar-refractivity contribution in [1.29, 1.82) is 0 Å². The van der Waals surface area contributed by atoms with Gasteiger partial charge >= 0.3 is 6.03 Å². The number of rotatable bonds is 4. The quantitative estimate of drug-likeness (QED) is 0.557. The molecule has 178 valence electrons. The molecule has 2 aliphatic heterocycles. The van der Waals surface area contributed by atoms with Crippen LogP contribution >= 0.6 is 0 Å². The average Bonchev–Trinajstić information content (AvgIpc) is 3.45. The van der Waals surface area contributed by atoms with Crippen molar-refractivity contribution in [3.8, 4) is 5.69 Å². The van der Waals surface area contributed by atoms with Crippen LogP contribution in [0, 0.1) is 13.8 Å². The molecular formula is C26H30N4O4. The maximum absolute atomic E-state index is 13.2. The topological polar surface area (TPSA) is 83.9 Å². The van der Waals surface area contributed by atoms with Crippen molar-refractivity contribution in [3.05, 3.63) is 52.9 Å². The van der Waals surface area contributed by atoms with Crippen LogP contribution in [0.25, 0.3) is 11.8 Å². The summed E-state index contributed by atoms with van der Waals surface area (Å²) in [6, 6.07) is 9.62. The minimum absolute atomic E-state index is 0.00872. The number of hydrogen-bond acceptors (Lipinski definition) is 5. The van der Waals surface area contributed by atoms with Gasteiger partial charge in [0.1, 0.15) is 5.57 Å². The van der Waals surface area contributed by atoms with E-state index in [9.17, 15) is 14.4 Å². The number of ether oxygens (including phenoxy) is 1. The Morgan fingerprint density at radius 2 is 1.62 bits per heavy atom. The Balaban J connectivity index is 1.43. The fourth-order valence-electron chi connectivity index (χ4n) is 5.29.